The minimum absolute atomic E-state index is 0.0235. The Morgan fingerprint density at radius 3 is 2.46 bits per heavy atom. The molecule has 0 fully saturated rings. The van der Waals surface area contributed by atoms with E-state index in [4.69, 9.17) is 23.2 Å². The Hall–Kier alpha value is -2.11. The smallest absolute Gasteiger partial charge is 0.352 e. The minimum Gasteiger partial charge on any atom is -0.477 e. The van der Waals surface area contributed by atoms with Gasteiger partial charge in [0.1, 0.15) is 5.82 Å². The van der Waals surface area contributed by atoms with Crippen LogP contribution in [0, 0.1) is 11.7 Å². The van der Waals surface area contributed by atoms with Gasteiger partial charge in [-0.2, -0.15) is 5.10 Å². The molecule has 0 bridgehead atoms. The summed E-state index contributed by atoms with van der Waals surface area (Å²) in [6.07, 6.45) is 0. The van der Waals surface area contributed by atoms with Crippen LogP contribution >= 0.6 is 23.2 Å². The number of hydrogen-bond donors (Lipinski definition) is 1. The van der Waals surface area contributed by atoms with Crippen LogP contribution in [0.4, 0.5) is 10.1 Å². The third kappa shape index (κ3) is 2.97. The van der Waals surface area contributed by atoms with E-state index in [-0.39, 0.29) is 11.5 Å². The number of nitrogens with zero attached hydrogens (tertiary/aromatic N) is 2. The van der Waals surface area contributed by atoms with E-state index in [0.717, 1.165) is 5.56 Å². The predicted octanol–water partition coefficient (Wildman–Crippen LogP) is 4.77. The van der Waals surface area contributed by atoms with Crippen LogP contribution < -0.4 is 5.01 Å². The van der Waals surface area contributed by atoms with Gasteiger partial charge < -0.3 is 5.11 Å². The molecule has 0 unspecified atom stereocenters. The second-order valence-corrected chi connectivity index (χ2v) is 6.36. The summed E-state index contributed by atoms with van der Waals surface area (Å²) in [6, 6.07) is 10.4. The molecule has 3 rings (SSSR count). The Balaban J connectivity index is 2.11. The maximum absolute atomic E-state index is 13.2. The molecule has 2 atom stereocenters. The second-order valence-electron chi connectivity index (χ2n) is 5.52. The Bertz CT molecular complexity index is 824. The van der Waals surface area contributed by atoms with Gasteiger partial charge in [-0.1, -0.05) is 42.3 Å². The highest BCUT2D eigenvalue weighted by atomic mass is 35.5. The van der Waals surface area contributed by atoms with Crippen molar-refractivity contribution in [3.63, 3.8) is 0 Å². The maximum atomic E-state index is 13.2. The Morgan fingerprint density at radius 1 is 1.21 bits per heavy atom. The molecule has 2 aromatic carbocycles. The van der Waals surface area contributed by atoms with Crippen LogP contribution in [0.5, 0.6) is 0 Å². The van der Waals surface area contributed by atoms with Crippen LogP contribution in [-0.2, 0) is 4.79 Å². The van der Waals surface area contributed by atoms with E-state index in [2.05, 4.69) is 5.10 Å². The number of aliphatic carboxylic acids is 1. The normalized spacial score (nSPS) is 20.2. The van der Waals surface area contributed by atoms with Gasteiger partial charge in [0.2, 0.25) is 0 Å². The third-order valence-electron chi connectivity index (χ3n) is 3.97. The average molecular weight is 367 g/mol. The van der Waals surface area contributed by atoms with E-state index in [1.807, 2.05) is 0 Å². The van der Waals surface area contributed by atoms with Gasteiger partial charge in [-0.25, -0.2) is 9.18 Å². The van der Waals surface area contributed by atoms with Gasteiger partial charge in [0, 0.05) is 10.9 Å². The molecule has 0 spiro atoms. The van der Waals surface area contributed by atoms with Crippen molar-refractivity contribution >= 4 is 40.6 Å². The lowest BCUT2D eigenvalue weighted by Crippen LogP contribution is -2.26. The van der Waals surface area contributed by atoms with E-state index >= 15 is 0 Å². The lowest BCUT2D eigenvalue weighted by molar-refractivity contribution is -0.129. The lowest BCUT2D eigenvalue weighted by Gasteiger charge is -2.27. The third-order valence-corrected chi connectivity index (χ3v) is 4.51. The quantitative estimate of drug-likeness (QED) is 0.850. The van der Waals surface area contributed by atoms with Crippen LogP contribution in [0.1, 0.15) is 18.5 Å². The van der Waals surface area contributed by atoms with Crippen molar-refractivity contribution in [2.24, 2.45) is 11.0 Å². The van der Waals surface area contributed by atoms with Crippen LogP contribution in [0.25, 0.3) is 0 Å². The molecule has 7 heteroatoms. The zero-order valence-corrected chi connectivity index (χ0v) is 14.1. The fourth-order valence-corrected chi connectivity index (χ4v) is 3.32. The van der Waals surface area contributed by atoms with Crippen molar-refractivity contribution in [2.45, 2.75) is 13.0 Å². The second kappa shape index (κ2) is 6.42. The van der Waals surface area contributed by atoms with Crippen molar-refractivity contribution in [1.29, 1.82) is 0 Å². The first-order valence-corrected chi connectivity index (χ1v) is 7.95. The van der Waals surface area contributed by atoms with E-state index < -0.39 is 17.9 Å². The number of anilines is 1. The molecule has 0 amide bonds. The number of benzene rings is 2. The molecule has 0 radical (unpaired) electrons. The van der Waals surface area contributed by atoms with Crippen molar-refractivity contribution < 1.29 is 14.3 Å². The van der Waals surface area contributed by atoms with Crippen molar-refractivity contribution in [3.05, 3.63) is 63.9 Å². The number of carboxylic acid groups (broad SMARTS) is 1. The number of hydrazone groups is 1. The first-order chi connectivity index (χ1) is 11.4. The van der Waals surface area contributed by atoms with Crippen LogP contribution in [0.3, 0.4) is 0 Å². The fraction of sp³-hybridized carbons (Fsp3) is 0.176. The average Bonchev–Trinajstić information content (AvgIpc) is 2.86. The molecule has 0 saturated carbocycles. The zero-order valence-electron chi connectivity index (χ0n) is 12.6. The van der Waals surface area contributed by atoms with E-state index in [1.54, 1.807) is 42.3 Å². The molecule has 4 nitrogen and oxygen atoms in total. The lowest BCUT2D eigenvalue weighted by atomic mass is 9.91. The summed E-state index contributed by atoms with van der Waals surface area (Å²) in [5.41, 5.74) is 1.31. The highest BCUT2D eigenvalue weighted by molar-refractivity contribution is 6.38. The highest BCUT2D eigenvalue weighted by Gasteiger charge is 2.40. The molecule has 124 valence electrons. The highest BCUT2D eigenvalue weighted by Crippen LogP contribution is 2.42. The van der Waals surface area contributed by atoms with Gasteiger partial charge in [0.15, 0.2) is 5.71 Å². The molecule has 1 aliphatic heterocycles. The topological polar surface area (TPSA) is 52.9 Å². The number of rotatable bonds is 3. The predicted molar refractivity (Wildman–Crippen MR) is 92.3 cm³/mol. The first kappa shape index (κ1) is 16.7. The molecular weight excluding hydrogens is 354 g/mol. The minimum atomic E-state index is -1.10. The van der Waals surface area contributed by atoms with Gasteiger partial charge >= 0.3 is 5.97 Å². The standard InChI is InChI=1S/C17H13Cl2FN2O2/c1-9-15(17(23)24)21-22(14-7-4-11(18)8-13(14)19)16(9)10-2-5-12(20)6-3-10/h2-9,16H,1H3,(H,23,24)/t9-,16+/m1/s1. The van der Waals surface area contributed by atoms with Gasteiger partial charge in [0.05, 0.1) is 16.8 Å². The monoisotopic (exact) mass is 366 g/mol. The molecule has 1 aliphatic rings. The molecule has 0 aromatic heterocycles. The van der Waals surface area contributed by atoms with Gasteiger partial charge in [-0.05, 0) is 35.9 Å². The SMILES string of the molecule is C[C@@H]1C(C(=O)O)=NN(c2ccc(Cl)cc2Cl)[C@@H]1c1ccc(F)cc1. The molecule has 2 aromatic rings. The molecule has 24 heavy (non-hydrogen) atoms. The summed E-state index contributed by atoms with van der Waals surface area (Å²) >= 11 is 12.2. The number of carboxylic acids is 1. The summed E-state index contributed by atoms with van der Waals surface area (Å²) in [4.78, 5) is 11.5. The van der Waals surface area contributed by atoms with Crippen molar-refractivity contribution in [3.8, 4) is 0 Å². The summed E-state index contributed by atoms with van der Waals surface area (Å²) < 4.78 is 13.2. The Labute approximate surface area is 148 Å². The van der Waals surface area contributed by atoms with Crippen molar-refractivity contribution in [2.75, 3.05) is 5.01 Å². The summed E-state index contributed by atoms with van der Waals surface area (Å²) in [5, 5.41) is 16.0. The number of carbonyl (C=O) groups is 1. The largest absolute Gasteiger partial charge is 0.477 e. The molecular formula is C17H13Cl2FN2O2. The van der Waals surface area contributed by atoms with Crippen LogP contribution in [-0.4, -0.2) is 16.8 Å². The Kier molecular flexibility index (Phi) is 4.47. The Morgan fingerprint density at radius 2 is 1.88 bits per heavy atom. The van der Waals surface area contributed by atoms with Gasteiger partial charge in [-0.15, -0.1) is 0 Å². The van der Waals surface area contributed by atoms with Crippen LogP contribution in [0.15, 0.2) is 47.6 Å². The zero-order chi connectivity index (χ0) is 17.4. The fourth-order valence-electron chi connectivity index (χ4n) is 2.83. The van der Waals surface area contributed by atoms with Gasteiger partial charge in [-0.3, -0.25) is 5.01 Å². The van der Waals surface area contributed by atoms with Gasteiger partial charge in [0.25, 0.3) is 0 Å². The molecule has 1 heterocycles. The summed E-state index contributed by atoms with van der Waals surface area (Å²) in [6.45, 7) is 1.77. The summed E-state index contributed by atoms with van der Waals surface area (Å²) in [5.74, 6) is -1.86. The summed E-state index contributed by atoms with van der Waals surface area (Å²) in [7, 11) is 0. The van der Waals surface area contributed by atoms with Crippen LogP contribution in [0.2, 0.25) is 10.0 Å². The number of halogens is 3. The molecule has 1 N–H and O–H groups in total. The van der Waals surface area contributed by atoms with E-state index in [1.165, 1.54) is 12.1 Å². The van der Waals surface area contributed by atoms with E-state index in [9.17, 15) is 14.3 Å². The number of hydrogen-bond acceptors (Lipinski definition) is 3. The maximum Gasteiger partial charge on any atom is 0.352 e. The van der Waals surface area contributed by atoms with Crippen molar-refractivity contribution in [1.82, 2.24) is 0 Å². The molecule has 0 saturated heterocycles. The van der Waals surface area contributed by atoms with E-state index in [0.29, 0.717) is 15.7 Å². The molecule has 0 aliphatic carbocycles. The first-order valence-electron chi connectivity index (χ1n) is 7.20.